The number of phenolic OH excluding ortho intramolecular Hbond substituents is 1. The number of nitrogens with zero attached hydrogens (tertiary/aromatic N) is 4. The third-order valence-electron chi connectivity index (χ3n) is 16.2. The fourth-order valence-electron chi connectivity index (χ4n) is 10.9. The van der Waals surface area contributed by atoms with Gasteiger partial charge in [-0.2, -0.15) is 0 Å². The molecular formula is C63H96N22O13S2. The number of primary amides is 1. The van der Waals surface area contributed by atoms with Crippen LogP contribution < -0.4 is 99.5 Å². The number of guanidine groups is 3. The standard InChI is InChI=1S/C63H96N22O13S2/c64-24-4-3-13-43-58(95)85-29-9-17-49(85)57(94)78-42(15-7-28-76-63(72)98)52(89)83-47(55(92)80-44(59(96)97)16-8-27-75-62(70)71)33-99-100-34-48(56(93)82-45(53(90)79-43)31-35-19-22-39(86)23-20-35)84-54(91)46(32-36-18-21-37-10-1-2-11-38(37)30-36)81-51(88)41(14-6-26-74-61(68)69)77-50(87)40(65)12-5-25-73-60(66)67/h1-2,10-11,18-23,30,40-49,86H,3-9,12-17,24-29,31-34,64-65H2,(H,77,87)(H,78,94)(H,79,90)(H,80,92)(H,81,88)(H,82,93)(H,83,89)(H,84,91)(H,96,97)(H4,66,67,73)(H4,68,69,74)(H4,70,71,75)(H3,72,76,98)/t40-,41-,42-,43+,44-,45-,46-,47-,48-,49-/m0/s1. The van der Waals surface area contributed by atoms with Crippen LogP contribution in [0.15, 0.2) is 81.7 Å². The Labute approximate surface area is 586 Å². The Kier molecular flexibility index (Phi) is 34.1. The third kappa shape index (κ3) is 28.2. The van der Waals surface area contributed by atoms with Crippen molar-refractivity contribution in [3.63, 3.8) is 0 Å². The van der Waals surface area contributed by atoms with E-state index < -0.39 is 131 Å². The number of nitrogens with two attached hydrogens (primary N) is 9. The summed E-state index contributed by atoms with van der Waals surface area (Å²) in [6, 6.07) is 3.23. The second-order valence-corrected chi connectivity index (χ2v) is 26.6. The van der Waals surface area contributed by atoms with Gasteiger partial charge in [0, 0.05) is 57.1 Å². The second-order valence-electron chi connectivity index (χ2n) is 24.0. The molecule has 0 radical (unpaired) electrons. The van der Waals surface area contributed by atoms with E-state index >= 15 is 14.4 Å². The van der Waals surface area contributed by atoms with E-state index in [1.165, 1.54) is 29.2 Å². The molecular weight excluding hydrogens is 1340 g/mol. The molecule has 0 bridgehead atoms. The molecule has 37 heteroatoms. The van der Waals surface area contributed by atoms with Gasteiger partial charge in [-0.15, -0.1) is 0 Å². The first-order valence-electron chi connectivity index (χ1n) is 32.8. The number of nitrogens with one attached hydrogen (secondary N) is 9. The molecule has 2 heterocycles. The van der Waals surface area contributed by atoms with E-state index in [1.54, 1.807) is 12.1 Å². The molecule has 548 valence electrons. The van der Waals surface area contributed by atoms with Crippen LogP contribution >= 0.6 is 21.6 Å². The Morgan fingerprint density at radius 2 is 1.18 bits per heavy atom. The zero-order valence-electron chi connectivity index (χ0n) is 55.6. The minimum absolute atomic E-state index is 0.00376. The van der Waals surface area contributed by atoms with Gasteiger partial charge in [0.2, 0.25) is 53.2 Å². The lowest BCUT2D eigenvalue weighted by atomic mass is 10.00. The molecule has 0 unspecified atom stereocenters. The highest BCUT2D eigenvalue weighted by Crippen LogP contribution is 2.26. The van der Waals surface area contributed by atoms with Gasteiger partial charge in [-0.3, -0.25) is 58.1 Å². The minimum Gasteiger partial charge on any atom is -0.508 e. The lowest BCUT2D eigenvalue weighted by molar-refractivity contribution is -0.143. The van der Waals surface area contributed by atoms with Crippen molar-refractivity contribution < 1.29 is 63.0 Å². The van der Waals surface area contributed by atoms with Crippen LogP contribution in [0.4, 0.5) is 4.79 Å². The molecule has 2 aliphatic rings. The van der Waals surface area contributed by atoms with E-state index in [4.69, 9.17) is 51.6 Å². The largest absolute Gasteiger partial charge is 0.508 e. The summed E-state index contributed by atoms with van der Waals surface area (Å²) in [6.07, 6.45) is 0.992. The summed E-state index contributed by atoms with van der Waals surface area (Å²) < 4.78 is 0. The molecule has 0 spiro atoms. The van der Waals surface area contributed by atoms with Gasteiger partial charge in [0.1, 0.15) is 60.1 Å². The topological polar surface area (TPSA) is 611 Å². The molecule has 2 saturated heterocycles. The minimum atomic E-state index is -1.65. The number of aliphatic carboxylic acids is 1. The lowest BCUT2D eigenvalue weighted by Gasteiger charge is -2.31. The first-order valence-corrected chi connectivity index (χ1v) is 35.3. The number of unbranched alkanes of at least 4 members (excludes halogenated alkanes) is 1. The molecule has 3 aromatic carbocycles. The van der Waals surface area contributed by atoms with Crippen LogP contribution in [-0.2, 0) is 60.8 Å². The Balaban J connectivity index is 1.64. The zero-order valence-corrected chi connectivity index (χ0v) is 57.2. The maximum absolute atomic E-state index is 15.4. The van der Waals surface area contributed by atoms with Crippen molar-refractivity contribution in [2.24, 2.45) is 66.6 Å². The number of carboxylic acids is 1. The number of benzene rings is 3. The smallest absolute Gasteiger partial charge is 0.326 e. The number of hydrogen-bond acceptors (Lipinski definition) is 19. The summed E-state index contributed by atoms with van der Waals surface area (Å²) in [4.78, 5) is 170. The highest BCUT2D eigenvalue weighted by molar-refractivity contribution is 8.76. The Hall–Kier alpha value is -9.88. The molecule has 10 atom stereocenters. The van der Waals surface area contributed by atoms with Gasteiger partial charge in [0.05, 0.1) is 6.04 Å². The van der Waals surface area contributed by atoms with Gasteiger partial charge in [0.15, 0.2) is 17.9 Å². The summed E-state index contributed by atoms with van der Waals surface area (Å²) in [6.45, 7) is 0.403. The summed E-state index contributed by atoms with van der Waals surface area (Å²) in [5.41, 5.74) is 51.5. The quantitative estimate of drug-likeness (QED) is 0.0119. The molecule has 100 heavy (non-hydrogen) atoms. The Morgan fingerprint density at radius 3 is 1.82 bits per heavy atom. The van der Waals surface area contributed by atoms with Crippen LogP contribution in [0.2, 0.25) is 0 Å². The van der Waals surface area contributed by atoms with Crippen LogP contribution in [0.25, 0.3) is 10.8 Å². The predicted molar refractivity (Wildman–Crippen MR) is 380 cm³/mol. The van der Waals surface area contributed by atoms with Gasteiger partial charge in [-0.25, -0.2) is 9.59 Å². The third-order valence-corrected chi connectivity index (χ3v) is 18.6. The number of aromatic hydroxyl groups is 1. The van der Waals surface area contributed by atoms with Crippen LogP contribution in [0, 0.1) is 0 Å². The number of carbonyl (C=O) groups excluding carboxylic acids is 10. The number of fused-ring (bicyclic) bond motifs is 2. The average Bonchev–Trinajstić information content (AvgIpc) is 1.54. The van der Waals surface area contributed by atoms with E-state index in [9.17, 15) is 48.6 Å². The van der Waals surface area contributed by atoms with Crippen molar-refractivity contribution in [3.8, 4) is 5.75 Å². The summed E-state index contributed by atoms with van der Waals surface area (Å²) in [7, 11) is 1.78. The second kappa shape index (κ2) is 42.2. The maximum atomic E-state index is 15.4. The SMILES string of the molecule is NCCCC[C@H]1NC(=O)[C@H](Cc2ccc(O)cc2)NC(=O)[C@@H](NC(=O)[C@H](Cc2ccc3ccccc3c2)NC(=O)[C@H](CCCN=C(N)N)NC(=O)[C@@H](N)CCCN=C(N)N)CSSC[C@@H](C(=O)N[C@@H](CCCN=C(N)N)C(=O)O)NC(=O)[C@H](CCCNC(N)=O)NC(=O)[C@@H]2CCCN2C1=O. The fourth-order valence-corrected chi connectivity index (χ4v) is 13.2. The normalized spacial score (nSPS) is 19.8. The van der Waals surface area contributed by atoms with E-state index in [-0.39, 0.29) is 139 Å². The molecule has 5 rings (SSSR count). The number of carbonyl (C=O) groups is 11. The summed E-state index contributed by atoms with van der Waals surface area (Å²) >= 11 is 0. The Bertz CT molecular complexity index is 3370. The molecule has 2 fully saturated rings. The van der Waals surface area contributed by atoms with Crippen molar-refractivity contribution in [1.82, 2.24) is 52.8 Å². The van der Waals surface area contributed by atoms with Gasteiger partial charge in [0.25, 0.3) is 0 Å². The number of phenols is 1. The van der Waals surface area contributed by atoms with Crippen molar-refractivity contribution >= 4 is 115 Å². The highest BCUT2D eigenvalue weighted by Gasteiger charge is 2.41. The fraction of sp³-hybridized carbons (Fsp3) is 0.524. The van der Waals surface area contributed by atoms with Crippen LogP contribution in [0.3, 0.4) is 0 Å². The summed E-state index contributed by atoms with van der Waals surface area (Å²) in [5.74, 6) is -10.7. The van der Waals surface area contributed by atoms with Crippen LogP contribution in [0.1, 0.15) is 94.6 Å². The Morgan fingerprint density at radius 1 is 0.600 bits per heavy atom. The molecule has 35 nitrogen and oxygen atoms in total. The van der Waals surface area contributed by atoms with E-state index in [2.05, 4.69) is 62.8 Å². The van der Waals surface area contributed by atoms with Gasteiger partial charge < -0.3 is 115 Å². The number of carboxylic acid groups (broad SMARTS) is 1. The average molecular weight is 1430 g/mol. The monoisotopic (exact) mass is 1430 g/mol. The molecule has 11 amide bonds. The molecule has 0 saturated carbocycles. The van der Waals surface area contributed by atoms with Crippen molar-refractivity contribution in [2.75, 3.05) is 50.8 Å². The predicted octanol–water partition coefficient (Wildman–Crippen LogP) is -4.25. The molecule has 29 N–H and O–H groups in total. The molecule has 0 aromatic heterocycles. The number of amides is 11. The van der Waals surface area contributed by atoms with Gasteiger partial charge in [-0.1, -0.05) is 76.2 Å². The number of urea groups is 1. The van der Waals surface area contributed by atoms with Crippen molar-refractivity contribution in [3.05, 3.63) is 77.9 Å². The van der Waals surface area contributed by atoms with Crippen molar-refractivity contribution in [2.45, 2.75) is 157 Å². The lowest BCUT2D eigenvalue weighted by Crippen LogP contribution is -2.61. The number of rotatable bonds is 33. The van der Waals surface area contributed by atoms with Gasteiger partial charge >= 0.3 is 12.0 Å². The van der Waals surface area contributed by atoms with E-state index in [0.29, 0.717) is 36.8 Å². The maximum Gasteiger partial charge on any atom is 0.326 e. The zero-order chi connectivity index (χ0) is 73.3. The van der Waals surface area contributed by atoms with E-state index in [0.717, 1.165) is 32.4 Å². The number of aliphatic imine (C=N–C) groups is 3. The van der Waals surface area contributed by atoms with E-state index in [1.807, 2.05) is 30.3 Å². The summed E-state index contributed by atoms with van der Waals surface area (Å²) in [5, 5.41) is 46.2. The van der Waals surface area contributed by atoms with Crippen molar-refractivity contribution in [1.29, 1.82) is 0 Å². The van der Waals surface area contributed by atoms with Crippen LogP contribution in [0.5, 0.6) is 5.75 Å². The molecule has 2 aliphatic heterocycles. The first-order chi connectivity index (χ1) is 47.7. The number of hydrogen-bond donors (Lipinski definition) is 20. The van der Waals surface area contributed by atoms with Crippen LogP contribution in [-0.4, -0.2) is 209 Å². The van der Waals surface area contributed by atoms with Gasteiger partial charge in [-0.05, 0) is 124 Å². The molecule has 0 aliphatic carbocycles. The molecule has 3 aromatic rings. The first kappa shape index (κ1) is 80.8. The highest BCUT2D eigenvalue weighted by atomic mass is 33.1.